The molecular weight excluding hydrogens is 318 g/mol. The SMILES string of the molecule is CC1(CNc2cccc(CS(=O)C3CCCCC3)c2)CCOCC1. The maximum absolute atomic E-state index is 12.6. The largest absolute Gasteiger partial charge is 0.384 e. The Kier molecular flexibility index (Phi) is 6.34. The van der Waals surface area contributed by atoms with Gasteiger partial charge in [0.2, 0.25) is 0 Å². The fourth-order valence-corrected chi connectivity index (χ4v) is 5.34. The molecule has 24 heavy (non-hydrogen) atoms. The van der Waals surface area contributed by atoms with Gasteiger partial charge in [-0.25, -0.2) is 0 Å². The molecule has 1 aliphatic carbocycles. The summed E-state index contributed by atoms with van der Waals surface area (Å²) < 4.78 is 18.1. The number of hydrogen-bond donors (Lipinski definition) is 1. The number of ether oxygens (including phenoxy) is 1. The highest BCUT2D eigenvalue weighted by atomic mass is 32.2. The Morgan fingerprint density at radius 1 is 1.21 bits per heavy atom. The molecule has 1 saturated carbocycles. The topological polar surface area (TPSA) is 38.3 Å². The fraction of sp³-hybridized carbons (Fsp3) is 0.700. The van der Waals surface area contributed by atoms with E-state index in [0.29, 0.717) is 16.4 Å². The summed E-state index contributed by atoms with van der Waals surface area (Å²) in [6, 6.07) is 8.50. The van der Waals surface area contributed by atoms with Gasteiger partial charge >= 0.3 is 0 Å². The van der Waals surface area contributed by atoms with Crippen molar-refractivity contribution in [2.45, 2.75) is 62.9 Å². The molecule has 0 radical (unpaired) electrons. The summed E-state index contributed by atoms with van der Waals surface area (Å²) in [5.74, 6) is 0.700. The number of hydrogen-bond acceptors (Lipinski definition) is 3. The minimum absolute atomic E-state index is 0.319. The lowest BCUT2D eigenvalue weighted by Crippen LogP contribution is -2.33. The second kappa shape index (κ2) is 8.48. The van der Waals surface area contributed by atoms with Crippen LogP contribution in [0, 0.1) is 5.41 Å². The molecule has 0 aromatic heterocycles. The van der Waals surface area contributed by atoms with Gasteiger partial charge in [-0.05, 0) is 48.8 Å². The van der Waals surface area contributed by atoms with E-state index in [1.54, 1.807) is 0 Å². The number of anilines is 1. The Morgan fingerprint density at radius 3 is 2.71 bits per heavy atom. The Morgan fingerprint density at radius 2 is 1.96 bits per heavy atom. The van der Waals surface area contributed by atoms with Crippen molar-refractivity contribution in [1.82, 2.24) is 0 Å². The summed E-state index contributed by atoms with van der Waals surface area (Å²) in [7, 11) is -0.727. The van der Waals surface area contributed by atoms with E-state index in [2.05, 4.69) is 36.5 Å². The van der Waals surface area contributed by atoms with Gasteiger partial charge < -0.3 is 10.1 Å². The van der Waals surface area contributed by atoms with Gasteiger partial charge in [0.25, 0.3) is 0 Å². The minimum Gasteiger partial charge on any atom is -0.384 e. The third-order valence-corrected chi connectivity index (χ3v) is 7.41. The van der Waals surface area contributed by atoms with Crippen LogP contribution in [-0.4, -0.2) is 29.2 Å². The van der Waals surface area contributed by atoms with Gasteiger partial charge in [-0.15, -0.1) is 0 Å². The molecule has 1 aromatic rings. The summed E-state index contributed by atoms with van der Waals surface area (Å²) in [4.78, 5) is 0. The number of benzene rings is 1. The smallest absolute Gasteiger partial charge is 0.0489 e. The van der Waals surface area contributed by atoms with Crippen molar-refractivity contribution >= 4 is 16.5 Å². The van der Waals surface area contributed by atoms with E-state index < -0.39 is 10.8 Å². The Bertz CT molecular complexity index is 548. The van der Waals surface area contributed by atoms with Crippen LogP contribution in [0.4, 0.5) is 5.69 Å². The molecule has 1 aromatic carbocycles. The molecule has 0 bridgehead atoms. The van der Waals surface area contributed by atoms with Gasteiger partial charge in [0, 0.05) is 47.2 Å². The van der Waals surface area contributed by atoms with E-state index in [-0.39, 0.29) is 0 Å². The van der Waals surface area contributed by atoms with Crippen LogP contribution in [0.25, 0.3) is 0 Å². The van der Waals surface area contributed by atoms with E-state index in [1.165, 1.54) is 24.8 Å². The van der Waals surface area contributed by atoms with Gasteiger partial charge in [-0.3, -0.25) is 4.21 Å². The predicted octanol–water partition coefficient (Wildman–Crippen LogP) is 4.50. The van der Waals surface area contributed by atoms with Gasteiger partial charge in [-0.1, -0.05) is 38.3 Å². The summed E-state index contributed by atoms with van der Waals surface area (Å²) in [5.41, 5.74) is 2.67. The Balaban J connectivity index is 1.54. The first-order chi connectivity index (χ1) is 11.6. The molecule has 1 atom stereocenters. The maximum Gasteiger partial charge on any atom is 0.0489 e. The van der Waals surface area contributed by atoms with E-state index >= 15 is 0 Å². The summed E-state index contributed by atoms with van der Waals surface area (Å²) >= 11 is 0. The van der Waals surface area contributed by atoms with Gasteiger partial charge in [-0.2, -0.15) is 0 Å². The standard InChI is InChI=1S/C20H31NO2S/c1-20(10-12-23-13-11-20)16-21-18-7-5-6-17(14-18)15-24(22)19-8-3-2-4-9-19/h5-7,14,19,21H,2-4,8-13,15-16H2,1H3. The zero-order chi connectivity index (χ0) is 16.8. The highest BCUT2D eigenvalue weighted by Crippen LogP contribution is 2.30. The van der Waals surface area contributed by atoms with Crippen LogP contribution in [-0.2, 0) is 21.3 Å². The first-order valence-electron chi connectivity index (χ1n) is 9.42. The van der Waals surface area contributed by atoms with Crippen molar-refractivity contribution in [3.8, 4) is 0 Å². The third kappa shape index (κ3) is 5.06. The molecule has 2 aliphatic rings. The number of rotatable bonds is 6. The molecule has 1 saturated heterocycles. The summed E-state index contributed by atoms with van der Waals surface area (Å²) in [6.45, 7) is 5.06. The average molecular weight is 350 g/mol. The van der Waals surface area contributed by atoms with Crippen LogP contribution in [0.1, 0.15) is 57.4 Å². The number of nitrogens with one attached hydrogen (secondary N) is 1. The van der Waals surface area contributed by atoms with Crippen LogP contribution in [0.2, 0.25) is 0 Å². The quantitative estimate of drug-likeness (QED) is 0.822. The second-order valence-electron chi connectivity index (χ2n) is 7.76. The second-order valence-corrected chi connectivity index (χ2v) is 9.48. The summed E-state index contributed by atoms with van der Waals surface area (Å²) in [6.07, 6.45) is 8.34. The summed E-state index contributed by atoms with van der Waals surface area (Å²) in [5, 5.41) is 4.01. The van der Waals surface area contributed by atoms with Crippen LogP contribution in [0.5, 0.6) is 0 Å². The van der Waals surface area contributed by atoms with Crippen LogP contribution in [0.15, 0.2) is 24.3 Å². The van der Waals surface area contributed by atoms with E-state index in [0.717, 1.165) is 51.1 Å². The van der Waals surface area contributed by atoms with E-state index in [4.69, 9.17) is 4.74 Å². The lowest BCUT2D eigenvalue weighted by molar-refractivity contribution is 0.0300. The lowest BCUT2D eigenvalue weighted by Gasteiger charge is -2.34. The van der Waals surface area contributed by atoms with Crippen molar-refractivity contribution in [2.75, 3.05) is 25.1 Å². The Labute approximate surface area is 149 Å². The molecule has 1 aliphatic heterocycles. The average Bonchev–Trinajstić information content (AvgIpc) is 2.62. The predicted molar refractivity (Wildman–Crippen MR) is 102 cm³/mol. The maximum atomic E-state index is 12.6. The first-order valence-corrected chi connectivity index (χ1v) is 10.8. The van der Waals surface area contributed by atoms with Crippen LogP contribution < -0.4 is 5.32 Å². The van der Waals surface area contributed by atoms with Crippen molar-refractivity contribution in [3.63, 3.8) is 0 Å². The monoisotopic (exact) mass is 349 g/mol. The minimum atomic E-state index is -0.727. The third-order valence-electron chi connectivity index (χ3n) is 5.58. The normalized spacial score (nSPS) is 22.9. The zero-order valence-corrected chi connectivity index (χ0v) is 15.7. The molecule has 3 nitrogen and oxygen atoms in total. The lowest BCUT2D eigenvalue weighted by atomic mass is 9.82. The Hall–Kier alpha value is -0.870. The van der Waals surface area contributed by atoms with Crippen molar-refractivity contribution < 1.29 is 8.95 Å². The van der Waals surface area contributed by atoms with Crippen LogP contribution in [0.3, 0.4) is 0 Å². The molecule has 4 heteroatoms. The molecule has 2 fully saturated rings. The van der Waals surface area contributed by atoms with Gasteiger partial charge in [0.15, 0.2) is 0 Å². The van der Waals surface area contributed by atoms with Crippen LogP contribution >= 0.6 is 0 Å². The van der Waals surface area contributed by atoms with Gasteiger partial charge in [0.05, 0.1) is 0 Å². The molecule has 1 heterocycles. The molecule has 0 amide bonds. The highest BCUT2D eigenvalue weighted by molar-refractivity contribution is 7.84. The van der Waals surface area contributed by atoms with Gasteiger partial charge in [0.1, 0.15) is 0 Å². The molecule has 1 N–H and O–H groups in total. The molecular formula is C20H31NO2S. The van der Waals surface area contributed by atoms with E-state index in [1.807, 2.05) is 0 Å². The zero-order valence-electron chi connectivity index (χ0n) is 14.9. The first kappa shape index (κ1) is 17.9. The molecule has 1 unspecified atom stereocenters. The van der Waals surface area contributed by atoms with Crippen molar-refractivity contribution in [2.24, 2.45) is 5.41 Å². The molecule has 134 valence electrons. The highest BCUT2D eigenvalue weighted by Gasteiger charge is 2.27. The van der Waals surface area contributed by atoms with Crippen molar-refractivity contribution in [3.05, 3.63) is 29.8 Å². The fourth-order valence-electron chi connectivity index (χ4n) is 3.74. The van der Waals surface area contributed by atoms with Crippen molar-refractivity contribution in [1.29, 1.82) is 0 Å². The molecule has 0 spiro atoms. The molecule has 3 rings (SSSR count). The van der Waals surface area contributed by atoms with E-state index in [9.17, 15) is 4.21 Å².